The summed E-state index contributed by atoms with van der Waals surface area (Å²) >= 11 is 3.93. The maximum atomic E-state index is 12.9. The molecule has 2 atom stereocenters. The molecule has 34 heavy (non-hydrogen) atoms. The van der Waals surface area contributed by atoms with Gasteiger partial charge in [-0.15, -0.1) is 34.9 Å². The van der Waals surface area contributed by atoms with Gasteiger partial charge >= 0.3 is 5.97 Å². The van der Waals surface area contributed by atoms with E-state index in [0.29, 0.717) is 22.8 Å². The van der Waals surface area contributed by atoms with Crippen LogP contribution in [0.2, 0.25) is 0 Å². The number of anilines is 1. The highest BCUT2D eigenvalue weighted by atomic mass is 32.2. The van der Waals surface area contributed by atoms with Crippen molar-refractivity contribution in [2.24, 2.45) is 5.16 Å². The maximum absolute atomic E-state index is 12.9. The molecule has 2 aliphatic rings. The van der Waals surface area contributed by atoms with Gasteiger partial charge in [0, 0.05) is 33.7 Å². The number of thioether (sulfide) groups is 2. The number of nitrogen functional groups attached to an aromatic ring is 1. The van der Waals surface area contributed by atoms with Gasteiger partial charge in [0.15, 0.2) is 10.8 Å². The number of β-lactam (4-membered cyclic amide) rings is 1. The third kappa shape index (κ3) is 4.88. The third-order valence-electron chi connectivity index (χ3n) is 4.95. The second kappa shape index (κ2) is 10.4. The van der Waals surface area contributed by atoms with Crippen LogP contribution in [0.5, 0.6) is 0 Å². The summed E-state index contributed by atoms with van der Waals surface area (Å²) < 4.78 is 0. The number of hydrogen-bond acceptors (Lipinski definition) is 11. The SMILES string of the molecule is CO/N=C(\C(=O)N[C@@H]1C(=O)N2C(C(=O)O)=C(SCCc3ccccn3)CS[C@H]12)c1csc(N)n1. The molecule has 1 saturated heterocycles. The first kappa shape index (κ1) is 24.0. The van der Waals surface area contributed by atoms with Crippen LogP contribution in [0.1, 0.15) is 11.4 Å². The number of carbonyl (C=O) groups excluding carboxylic acids is 2. The highest BCUT2D eigenvalue weighted by Crippen LogP contribution is 2.43. The molecular formula is C20H20N6O5S3. The first-order chi connectivity index (χ1) is 16.4. The van der Waals surface area contributed by atoms with Gasteiger partial charge in [-0.3, -0.25) is 19.5 Å². The van der Waals surface area contributed by atoms with Crippen LogP contribution in [0.25, 0.3) is 0 Å². The number of carboxylic acid groups (broad SMARTS) is 1. The van der Waals surface area contributed by atoms with Gasteiger partial charge in [-0.2, -0.15) is 0 Å². The lowest BCUT2D eigenvalue weighted by Gasteiger charge is -2.49. The number of aliphatic carboxylic acids is 1. The predicted molar refractivity (Wildman–Crippen MR) is 130 cm³/mol. The van der Waals surface area contributed by atoms with Gasteiger partial charge in [0.2, 0.25) is 0 Å². The van der Waals surface area contributed by atoms with Gasteiger partial charge in [0.25, 0.3) is 11.8 Å². The van der Waals surface area contributed by atoms with E-state index in [2.05, 4.69) is 20.4 Å². The average Bonchev–Trinajstić information content (AvgIpc) is 3.26. The summed E-state index contributed by atoms with van der Waals surface area (Å²) in [6.45, 7) is 0. The summed E-state index contributed by atoms with van der Waals surface area (Å²) in [6, 6.07) is 4.74. The van der Waals surface area contributed by atoms with Gasteiger partial charge in [0.05, 0.1) is 0 Å². The van der Waals surface area contributed by atoms with Crippen molar-refractivity contribution >= 4 is 63.5 Å². The Morgan fingerprint density at radius 2 is 2.26 bits per heavy atom. The van der Waals surface area contributed by atoms with Crippen molar-refractivity contribution in [3.63, 3.8) is 0 Å². The van der Waals surface area contributed by atoms with E-state index >= 15 is 0 Å². The zero-order valence-electron chi connectivity index (χ0n) is 17.8. The number of hydrogen-bond donors (Lipinski definition) is 3. The van der Waals surface area contributed by atoms with Crippen LogP contribution in [-0.4, -0.2) is 73.5 Å². The number of rotatable bonds is 9. The topological polar surface area (TPSA) is 160 Å². The summed E-state index contributed by atoms with van der Waals surface area (Å²) in [6.07, 6.45) is 2.38. The van der Waals surface area contributed by atoms with E-state index in [1.165, 1.54) is 35.5 Å². The Morgan fingerprint density at radius 3 is 2.91 bits per heavy atom. The van der Waals surface area contributed by atoms with Crippen molar-refractivity contribution in [1.82, 2.24) is 20.2 Å². The van der Waals surface area contributed by atoms with Crippen molar-refractivity contribution in [3.8, 4) is 0 Å². The second-order valence-corrected chi connectivity index (χ2v) is 10.2. The molecule has 0 saturated carbocycles. The third-order valence-corrected chi connectivity index (χ3v) is 8.18. The highest BCUT2D eigenvalue weighted by Gasteiger charge is 2.54. The number of nitrogens with two attached hydrogens (primary N) is 1. The van der Waals surface area contributed by atoms with Crippen molar-refractivity contribution in [1.29, 1.82) is 0 Å². The first-order valence-corrected chi connectivity index (χ1v) is 12.9. The van der Waals surface area contributed by atoms with Crippen LogP contribution in [0.3, 0.4) is 0 Å². The monoisotopic (exact) mass is 520 g/mol. The minimum atomic E-state index is -1.18. The Labute approximate surface area is 206 Å². The Hall–Kier alpha value is -3.10. The molecule has 11 nitrogen and oxygen atoms in total. The number of nitrogens with one attached hydrogen (secondary N) is 1. The number of pyridine rings is 1. The zero-order chi connectivity index (χ0) is 24.2. The molecule has 2 amide bonds. The fourth-order valence-corrected chi connectivity index (χ4v) is 6.59. The second-order valence-electron chi connectivity index (χ2n) is 7.05. The van der Waals surface area contributed by atoms with E-state index in [1.807, 2.05) is 18.2 Å². The quantitative estimate of drug-likeness (QED) is 0.248. The van der Waals surface area contributed by atoms with E-state index in [4.69, 9.17) is 10.6 Å². The number of nitrogens with zero attached hydrogens (tertiary/aromatic N) is 4. The van der Waals surface area contributed by atoms with E-state index < -0.39 is 29.2 Å². The molecule has 4 heterocycles. The Morgan fingerprint density at radius 1 is 1.44 bits per heavy atom. The number of thiazole rings is 1. The van der Waals surface area contributed by atoms with Crippen molar-refractivity contribution < 1.29 is 24.3 Å². The van der Waals surface area contributed by atoms with E-state index in [9.17, 15) is 19.5 Å². The molecule has 0 bridgehead atoms. The zero-order valence-corrected chi connectivity index (χ0v) is 20.3. The number of carboxylic acids is 1. The number of amides is 2. The summed E-state index contributed by atoms with van der Waals surface area (Å²) in [5.74, 6) is -1.30. The van der Waals surface area contributed by atoms with Gasteiger partial charge in [-0.1, -0.05) is 11.2 Å². The standard InChI is InChI=1S/C20H20N6O5S3/c1-31-25-13(11-8-34-20(21)23-11)16(27)24-14-17(28)26-15(19(29)30)12(9-33-18(14)26)32-7-5-10-4-2-3-6-22-10/h2-4,6,8,14,18H,5,7,9H2,1H3,(H2,21,23)(H,24,27)(H,29,30)/b25-13-/t14-,18-/m1/s1. The molecule has 2 aromatic rings. The normalized spacial score (nSPS) is 20.0. The van der Waals surface area contributed by atoms with Crippen LogP contribution in [-0.2, 0) is 25.6 Å². The predicted octanol–water partition coefficient (Wildman–Crippen LogP) is 1.14. The van der Waals surface area contributed by atoms with Crippen LogP contribution in [0.4, 0.5) is 5.13 Å². The molecule has 2 aromatic heterocycles. The smallest absolute Gasteiger partial charge is 0.353 e. The maximum Gasteiger partial charge on any atom is 0.353 e. The molecule has 178 valence electrons. The van der Waals surface area contributed by atoms with Crippen LogP contribution in [0.15, 0.2) is 45.5 Å². The molecule has 1 fully saturated rings. The minimum absolute atomic E-state index is 0.0386. The fraction of sp³-hybridized carbons (Fsp3) is 0.300. The van der Waals surface area contributed by atoms with Gasteiger partial charge < -0.3 is 21.0 Å². The van der Waals surface area contributed by atoms with Crippen LogP contribution >= 0.6 is 34.9 Å². The van der Waals surface area contributed by atoms with Crippen molar-refractivity contribution in [2.45, 2.75) is 17.8 Å². The lowest BCUT2D eigenvalue weighted by atomic mass is 10.0. The number of aromatic nitrogens is 2. The van der Waals surface area contributed by atoms with Crippen molar-refractivity contribution in [3.05, 3.63) is 51.8 Å². The van der Waals surface area contributed by atoms with E-state index in [1.54, 1.807) is 11.6 Å². The summed E-state index contributed by atoms with van der Waals surface area (Å²) in [7, 11) is 1.28. The fourth-order valence-electron chi connectivity index (χ4n) is 3.43. The molecule has 2 aliphatic heterocycles. The number of carbonyl (C=O) groups is 3. The lowest BCUT2D eigenvalue weighted by molar-refractivity contribution is -0.150. The molecule has 0 radical (unpaired) electrons. The molecule has 0 spiro atoms. The number of aryl methyl sites for hydroxylation is 1. The highest BCUT2D eigenvalue weighted by molar-refractivity contribution is 8.06. The summed E-state index contributed by atoms with van der Waals surface area (Å²) in [5.41, 5.74) is 6.60. The molecule has 0 aromatic carbocycles. The molecule has 0 unspecified atom stereocenters. The van der Waals surface area contributed by atoms with Gasteiger partial charge in [-0.25, -0.2) is 9.78 Å². The molecule has 14 heteroatoms. The average molecular weight is 521 g/mol. The van der Waals surface area contributed by atoms with Crippen LogP contribution in [0, 0.1) is 0 Å². The molecular weight excluding hydrogens is 500 g/mol. The Balaban J connectivity index is 1.45. The van der Waals surface area contributed by atoms with Gasteiger partial charge in [0.1, 0.15) is 29.9 Å². The lowest BCUT2D eigenvalue weighted by Crippen LogP contribution is -2.71. The largest absolute Gasteiger partial charge is 0.477 e. The van der Waals surface area contributed by atoms with Gasteiger partial charge in [-0.05, 0) is 18.6 Å². The van der Waals surface area contributed by atoms with Crippen molar-refractivity contribution in [2.75, 3.05) is 24.3 Å². The molecule has 0 aliphatic carbocycles. The minimum Gasteiger partial charge on any atom is -0.477 e. The molecule has 4 N–H and O–H groups in total. The number of fused-ring (bicyclic) bond motifs is 1. The Kier molecular flexibility index (Phi) is 7.38. The summed E-state index contributed by atoms with van der Waals surface area (Å²) in [5, 5.41) is 17.4. The number of oxime groups is 1. The Bertz CT molecular complexity index is 1170. The molecule has 4 rings (SSSR count). The van der Waals surface area contributed by atoms with E-state index in [-0.39, 0.29) is 22.2 Å². The van der Waals surface area contributed by atoms with E-state index in [0.717, 1.165) is 17.0 Å². The first-order valence-electron chi connectivity index (χ1n) is 9.98. The summed E-state index contributed by atoms with van der Waals surface area (Å²) in [4.78, 5) is 52.6. The van der Waals surface area contributed by atoms with Crippen LogP contribution < -0.4 is 11.1 Å².